The van der Waals surface area contributed by atoms with Gasteiger partial charge in [0.1, 0.15) is 0 Å². The smallest absolute Gasteiger partial charge is 0.158 e. The fraction of sp³-hybridized carbons (Fsp3) is 0.250. The molecule has 106 valence electrons. The molecule has 0 saturated carbocycles. The molecule has 4 heteroatoms. The van der Waals surface area contributed by atoms with E-state index in [0.717, 1.165) is 22.3 Å². The van der Waals surface area contributed by atoms with Gasteiger partial charge in [-0.2, -0.15) is 0 Å². The van der Waals surface area contributed by atoms with E-state index in [0.29, 0.717) is 6.54 Å². The zero-order valence-electron chi connectivity index (χ0n) is 11.5. The fourth-order valence-electron chi connectivity index (χ4n) is 2.13. The van der Waals surface area contributed by atoms with Gasteiger partial charge in [0, 0.05) is 6.54 Å². The minimum absolute atomic E-state index is 0.0613. The van der Waals surface area contributed by atoms with Crippen LogP contribution in [0.5, 0.6) is 0 Å². The molecule has 0 aliphatic heterocycles. The van der Waals surface area contributed by atoms with E-state index in [1.165, 1.54) is 0 Å². The highest BCUT2D eigenvalue weighted by atomic mass is 32.2. The predicted octanol–water partition coefficient (Wildman–Crippen LogP) is 2.57. The molecule has 20 heavy (non-hydrogen) atoms. The van der Waals surface area contributed by atoms with Crippen LogP contribution in [-0.2, 0) is 27.9 Å². The summed E-state index contributed by atoms with van der Waals surface area (Å²) in [6.45, 7) is 2.43. The van der Waals surface area contributed by atoms with Crippen molar-refractivity contribution in [2.75, 3.05) is 0 Å². The van der Waals surface area contributed by atoms with Crippen LogP contribution < -0.4 is 5.73 Å². The van der Waals surface area contributed by atoms with Gasteiger partial charge in [-0.25, -0.2) is 8.42 Å². The van der Waals surface area contributed by atoms with Crippen molar-refractivity contribution in [1.29, 1.82) is 0 Å². The first-order valence-corrected chi connectivity index (χ1v) is 8.34. The van der Waals surface area contributed by atoms with Crippen molar-refractivity contribution in [3.8, 4) is 0 Å². The van der Waals surface area contributed by atoms with Gasteiger partial charge < -0.3 is 5.73 Å². The van der Waals surface area contributed by atoms with Gasteiger partial charge in [-0.3, -0.25) is 0 Å². The van der Waals surface area contributed by atoms with Gasteiger partial charge in [0.2, 0.25) is 0 Å². The van der Waals surface area contributed by atoms with Gasteiger partial charge in [0.15, 0.2) is 9.84 Å². The van der Waals surface area contributed by atoms with Crippen molar-refractivity contribution in [3.63, 3.8) is 0 Å². The van der Waals surface area contributed by atoms with Gasteiger partial charge in [-0.05, 0) is 23.6 Å². The highest BCUT2D eigenvalue weighted by molar-refractivity contribution is 7.89. The Balaban J connectivity index is 2.10. The molecule has 0 radical (unpaired) electrons. The van der Waals surface area contributed by atoms with Crippen molar-refractivity contribution in [2.45, 2.75) is 25.0 Å². The highest BCUT2D eigenvalue weighted by Gasteiger charge is 2.13. The SMILES string of the molecule is Cc1cccc(CS(=O)(=O)Cc2ccc(CN)cc2)c1. The van der Waals surface area contributed by atoms with Crippen LogP contribution in [0.3, 0.4) is 0 Å². The van der Waals surface area contributed by atoms with E-state index >= 15 is 0 Å². The van der Waals surface area contributed by atoms with Crippen molar-refractivity contribution in [2.24, 2.45) is 5.73 Å². The van der Waals surface area contributed by atoms with E-state index in [1.54, 1.807) is 0 Å². The molecule has 0 aliphatic rings. The van der Waals surface area contributed by atoms with Crippen LogP contribution in [0, 0.1) is 6.92 Å². The molecular formula is C16H19NO2S. The Labute approximate surface area is 120 Å². The normalized spacial score (nSPS) is 11.5. The number of hydrogen-bond donors (Lipinski definition) is 1. The standard InChI is InChI=1S/C16H19NO2S/c1-13-3-2-4-16(9-13)12-20(18,19)11-15-7-5-14(10-17)6-8-15/h2-9H,10-12,17H2,1H3. The second kappa shape index (κ2) is 6.20. The van der Waals surface area contributed by atoms with Crippen LogP contribution in [0.1, 0.15) is 22.3 Å². The Bertz CT molecular complexity index is 676. The average Bonchev–Trinajstić information content (AvgIpc) is 2.38. The van der Waals surface area contributed by atoms with Gasteiger partial charge in [-0.1, -0.05) is 54.1 Å². The summed E-state index contributed by atoms with van der Waals surface area (Å²) in [6, 6.07) is 15.0. The van der Waals surface area contributed by atoms with E-state index in [1.807, 2.05) is 55.5 Å². The summed E-state index contributed by atoms with van der Waals surface area (Å²) in [5.74, 6) is 0.138. The minimum Gasteiger partial charge on any atom is -0.326 e. The molecule has 2 aromatic rings. The number of nitrogens with two attached hydrogens (primary N) is 1. The van der Waals surface area contributed by atoms with E-state index in [-0.39, 0.29) is 11.5 Å². The summed E-state index contributed by atoms with van der Waals surface area (Å²) in [6.07, 6.45) is 0. The first-order valence-electron chi connectivity index (χ1n) is 6.52. The van der Waals surface area contributed by atoms with Crippen molar-refractivity contribution < 1.29 is 8.42 Å². The molecule has 0 unspecified atom stereocenters. The highest BCUT2D eigenvalue weighted by Crippen LogP contribution is 2.14. The largest absolute Gasteiger partial charge is 0.326 e. The van der Waals surface area contributed by atoms with Crippen LogP contribution in [0.25, 0.3) is 0 Å². The Morgan fingerprint density at radius 1 is 0.900 bits per heavy atom. The molecule has 0 heterocycles. The number of aryl methyl sites for hydroxylation is 1. The number of sulfone groups is 1. The monoisotopic (exact) mass is 289 g/mol. The van der Waals surface area contributed by atoms with E-state index < -0.39 is 9.84 Å². The molecule has 0 saturated heterocycles. The Morgan fingerprint density at radius 3 is 2.10 bits per heavy atom. The Kier molecular flexibility index (Phi) is 4.57. The molecule has 0 spiro atoms. The van der Waals surface area contributed by atoms with Crippen molar-refractivity contribution in [1.82, 2.24) is 0 Å². The van der Waals surface area contributed by atoms with E-state index in [2.05, 4.69) is 0 Å². The molecule has 0 fully saturated rings. The lowest BCUT2D eigenvalue weighted by Crippen LogP contribution is -2.08. The van der Waals surface area contributed by atoms with Gasteiger partial charge in [-0.15, -0.1) is 0 Å². The molecular weight excluding hydrogens is 270 g/mol. The molecule has 3 nitrogen and oxygen atoms in total. The van der Waals surface area contributed by atoms with Crippen LogP contribution in [-0.4, -0.2) is 8.42 Å². The fourth-order valence-corrected chi connectivity index (χ4v) is 3.62. The van der Waals surface area contributed by atoms with Gasteiger partial charge in [0.25, 0.3) is 0 Å². The van der Waals surface area contributed by atoms with Crippen LogP contribution in [0.4, 0.5) is 0 Å². The van der Waals surface area contributed by atoms with Gasteiger partial charge in [0.05, 0.1) is 11.5 Å². The number of rotatable bonds is 5. The zero-order valence-corrected chi connectivity index (χ0v) is 12.4. The summed E-state index contributed by atoms with van der Waals surface area (Å²) < 4.78 is 24.4. The first kappa shape index (κ1) is 14.8. The molecule has 2 aromatic carbocycles. The predicted molar refractivity (Wildman–Crippen MR) is 81.8 cm³/mol. The molecule has 0 amide bonds. The lowest BCUT2D eigenvalue weighted by Gasteiger charge is -2.06. The maximum absolute atomic E-state index is 12.2. The quantitative estimate of drug-likeness (QED) is 0.920. The summed E-state index contributed by atoms with van der Waals surface area (Å²) in [5, 5.41) is 0. The minimum atomic E-state index is -3.16. The third-order valence-electron chi connectivity index (χ3n) is 3.11. The maximum Gasteiger partial charge on any atom is 0.158 e. The maximum atomic E-state index is 12.2. The van der Waals surface area contributed by atoms with Crippen LogP contribution >= 0.6 is 0 Å². The summed E-state index contributed by atoms with van der Waals surface area (Å²) in [7, 11) is -3.16. The molecule has 0 aromatic heterocycles. The van der Waals surface area contributed by atoms with E-state index in [4.69, 9.17) is 5.73 Å². The van der Waals surface area contributed by atoms with Gasteiger partial charge >= 0.3 is 0 Å². The van der Waals surface area contributed by atoms with Crippen molar-refractivity contribution in [3.05, 3.63) is 70.8 Å². The third-order valence-corrected chi connectivity index (χ3v) is 4.66. The summed E-state index contributed by atoms with van der Waals surface area (Å²) in [4.78, 5) is 0. The topological polar surface area (TPSA) is 60.2 Å². The van der Waals surface area contributed by atoms with Crippen molar-refractivity contribution >= 4 is 9.84 Å². The number of hydrogen-bond acceptors (Lipinski definition) is 3. The molecule has 2 rings (SSSR count). The molecule has 0 atom stereocenters. The second-order valence-corrected chi connectivity index (χ2v) is 7.11. The molecule has 0 bridgehead atoms. The van der Waals surface area contributed by atoms with Crippen LogP contribution in [0.2, 0.25) is 0 Å². The van der Waals surface area contributed by atoms with E-state index in [9.17, 15) is 8.42 Å². The second-order valence-electron chi connectivity index (χ2n) is 5.04. The Morgan fingerprint density at radius 2 is 1.50 bits per heavy atom. The zero-order chi connectivity index (χ0) is 14.6. The van der Waals surface area contributed by atoms with Crippen LogP contribution in [0.15, 0.2) is 48.5 Å². The Hall–Kier alpha value is -1.65. The summed E-state index contributed by atoms with van der Waals surface area (Å²) in [5.41, 5.74) is 9.24. The molecule has 0 aliphatic carbocycles. The third kappa shape index (κ3) is 4.18. The summed E-state index contributed by atoms with van der Waals surface area (Å²) >= 11 is 0. The molecule has 2 N–H and O–H groups in total. The number of benzene rings is 2. The lowest BCUT2D eigenvalue weighted by atomic mass is 10.1. The average molecular weight is 289 g/mol. The lowest BCUT2D eigenvalue weighted by molar-refractivity contribution is 0.594. The first-order chi connectivity index (χ1) is 9.48.